The van der Waals surface area contributed by atoms with Crippen LogP contribution in [0.2, 0.25) is 0 Å². The van der Waals surface area contributed by atoms with E-state index in [-0.39, 0.29) is 24.0 Å². The highest BCUT2D eigenvalue weighted by molar-refractivity contribution is 14.0. The monoisotopic (exact) mass is 571 g/mol. The highest BCUT2D eigenvalue weighted by atomic mass is 127. The molecule has 1 saturated heterocycles. The minimum Gasteiger partial charge on any atom is -0.383 e. The third-order valence-corrected chi connectivity index (χ3v) is 6.95. The molecule has 1 aromatic carbocycles. The second kappa shape index (κ2) is 13.5. The van der Waals surface area contributed by atoms with Gasteiger partial charge in [0.1, 0.15) is 5.60 Å². The highest BCUT2D eigenvalue weighted by Crippen LogP contribution is 2.24. The Kier molecular flexibility index (Phi) is 11.4. The molecule has 0 saturated carbocycles. The van der Waals surface area contributed by atoms with Gasteiger partial charge in [0, 0.05) is 44.1 Å². The van der Waals surface area contributed by atoms with Gasteiger partial charge >= 0.3 is 0 Å². The van der Waals surface area contributed by atoms with Gasteiger partial charge in [-0.2, -0.15) is 0 Å². The van der Waals surface area contributed by atoms with Gasteiger partial charge in [0.05, 0.1) is 13.1 Å². The SMILES string of the molecule is CCNC(=NCc1ccccc1CN1CCN(CC)CC1)NCC(C)(O)c1cccs1.I. The van der Waals surface area contributed by atoms with E-state index in [1.54, 1.807) is 11.3 Å². The molecule has 1 atom stereocenters. The number of benzene rings is 1. The topological polar surface area (TPSA) is 63.1 Å². The standard InChI is InChI=1S/C24H37N5OS.HI/c1-4-25-23(27-19-24(3,30)22-11-8-16-31-22)26-17-20-9-6-7-10-21(20)18-29-14-12-28(5-2)13-15-29;/h6-11,16,30H,4-5,12-15,17-19H2,1-3H3,(H2,25,26,27);1H. The van der Waals surface area contributed by atoms with Crippen molar-refractivity contribution in [3.05, 3.63) is 57.8 Å². The molecule has 3 N–H and O–H groups in total. The number of aliphatic hydroxyl groups is 1. The summed E-state index contributed by atoms with van der Waals surface area (Å²) in [5.74, 6) is 0.727. The van der Waals surface area contributed by atoms with Gasteiger partial charge in [-0.15, -0.1) is 35.3 Å². The average Bonchev–Trinajstić information content (AvgIpc) is 3.33. The van der Waals surface area contributed by atoms with Crippen molar-refractivity contribution in [3.63, 3.8) is 0 Å². The predicted octanol–water partition coefficient (Wildman–Crippen LogP) is 3.47. The smallest absolute Gasteiger partial charge is 0.191 e. The van der Waals surface area contributed by atoms with Crippen LogP contribution in [-0.4, -0.2) is 66.7 Å². The van der Waals surface area contributed by atoms with E-state index >= 15 is 0 Å². The summed E-state index contributed by atoms with van der Waals surface area (Å²) in [4.78, 5) is 10.8. The zero-order valence-electron chi connectivity index (χ0n) is 19.5. The molecule has 1 aliphatic heterocycles. The van der Waals surface area contributed by atoms with Gasteiger partial charge in [-0.25, -0.2) is 4.99 Å². The maximum Gasteiger partial charge on any atom is 0.191 e. The van der Waals surface area contributed by atoms with Crippen LogP contribution in [0.15, 0.2) is 46.8 Å². The molecule has 1 aromatic heterocycles. The van der Waals surface area contributed by atoms with Crippen LogP contribution >= 0.6 is 35.3 Å². The summed E-state index contributed by atoms with van der Waals surface area (Å²) in [6.45, 7) is 14.6. The van der Waals surface area contributed by atoms with Crippen molar-refractivity contribution in [1.82, 2.24) is 20.4 Å². The molecule has 2 aromatic rings. The van der Waals surface area contributed by atoms with E-state index in [1.807, 2.05) is 24.4 Å². The summed E-state index contributed by atoms with van der Waals surface area (Å²) < 4.78 is 0. The number of piperazine rings is 1. The van der Waals surface area contributed by atoms with E-state index in [9.17, 15) is 5.11 Å². The van der Waals surface area contributed by atoms with Crippen LogP contribution in [0.5, 0.6) is 0 Å². The van der Waals surface area contributed by atoms with Crippen LogP contribution in [-0.2, 0) is 18.7 Å². The summed E-state index contributed by atoms with van der Waals surface area (Å²) in [5, 5.41) is 19.4. The fourth-order valence-electron chi connectivity index (χ4n) is 3.80. The molecule has 0 bridgehead atoms. The van der Waals surface area contributed by atoms with E-state index in [0.717, 1.165) is 56.6 Å². The van der Waals surface area contributed by atoms with Crippen molar-refractivity contribution in [2.24, 2.45) is 4.99 Å². The first-order chi connectivity index (χ1) is 15.0. The molecule has 0 spiro atoms. The molecule has 3 rings (SSSR count). The summed E-state index contributed by atoms with van der Waals surface area (Å²) in [5.41, 5.74) is 1.67. The van der Waals surface area contributed by atoms with Crippen LogP contribution in [0.1, 0.15) is 36.8 Å². The molecule has 1 fully saturated rings. The highest BCUT2D eigenvalue weighted by Gasteiger charge is 2.24. The van der Waals surface area contributed by atoms with E-state index in [4.69, 9.17) is 4.99 Å². The summed E-state index contributed by atoms with van der Waals surface area (Å²) in [6.07, 6.45) is 0. The quantitative estimate of drug-likeness (QED) is 0.245. The lowest BCUT2D eigenvalue weighted by Crippen LogP contribution is -2.45. The minimum absolute atomic E-state index is 0. The van der Waals surface area contributed by atoms with Gasteiger partial charge < -0.3 is 20.6 Å². The average molecular weight is 572 g/mol. The van der Waals surface area contributed by atoms with Gasteiger partial charge in [-0.3, -0.25) is 4.90 Å². The Balaban J connectivity index is 0.00000363. The minimum atomic E-state index is -0.928. The molecule has 32 heavy (non-hydrogen) atoms. The van der Waals surface area contributed by atoms with Crippen molar-refractivity contribution in [3.8, 4) is 0 Å². The van der Waals surface area contributed by atoms with Crippen LogP contribution in [0.3, 0.4) is 0 Å². The molecule has 1 unspecified atom stereocenters. The Morgan fingerprint density at radius 3 is 2.34 bits per heavy atom. The van der Waals surface area contributed by atoms with Gasteiger partial charge in [-0.1, -0.05) is 37.3 Å². The lowest BCUT2D eigenvalue weighted by Gasteiger charge is -2.34. The van der Waals surface area contributed by atoms with Gasteiger partial charge in [0.25, 0.3) is 0 Å². The first-order valence-electron chi connectivity index (χ1n) is 11.3. The Hall–Kier alpha value is -1.20. The third-order valence-electron chi connectivity index (χ3n) is 5.83. The molecule has 1 aliphatic rings. The second-order valence-electron chi connectivity index (χ2n) is 8.28. The summed E-state index contributed by atoms with van der Waals surface area (Å²) >= 11 is 1.57. The Bertz CT molecular complexity index is 820. The second-order valence-corrected chi connectivity index (χ2v) is 9.23. The lowest BCUT2D eigenvalue weighted by atomic mass is 10.1. The number of halogens is 1. The predicted molar refractivity (Wildman–Crippen MR) is 146 cm³/mol. The normalized spacial score (nSPS) is 17.4. The number of nitrogens with one attached hydrogen (secondary N) is 2. The molecule has 0 radical (unpaired) electrons. The van der Waals surface area contributed by atoms with E-state index in [0.29, 0.717) is 13.1 Å². The Morgan fingerprint density at radius 1 is 1.03 bits per heavy atom. The van der Waals surface area contributed by atoms with Crippen molar-refractivity contribution in [2.45, 2.75) is 39.5 Å². The van der Waals surface area contributed by atoms with Gasteiger partial charge in [0.15, 0.2) is 5.96 Å². The van der Waals surface area contributed by atoms with E-state index < -0.39 is 5.60 Å². The van der Waals surface area contributed by atoms with Crippen molar-refractivity contribution >= 4 is 41.3 Å². The fraction of sp³-hybridized carbons (Fsp3) is 0.542. The first-order valence-corrected chi connectivity index (χ1v) is 12.2. The summed E-state index contributed by atoms with van der Waals surface area (Å²) in [6, 6.07) is 12.5. The number of thiophene rings is 1. The Labute approximate surface area is 214 Å². The van der Waals surface area contributed by atoms with Gasteiger partial charge in [-0.05, 0) is 43.0 Å². The number of rotatable bonds is 9. The number of hydrogen-bond acceptors (Lipinski definition) is 5. The zero-order valence-corrected chi connectivity index (χ0v) is 22.7. The molecular formula is C24H38IN5OS. The maximum absolute atomic E-state index is 10.8. The zero-order chi connectivity index (χ0) is 22.1. The number of hydrogen-bond donors (Lipinski definition) is 3. The summed E-state index contributed by atoms with van der Waals surface area (Å²) in [7, 11) is 0. The largest absolute Gasteiger partial charge is 0.383 e. The molecule has 0 aliphatic carbocycles. The van der Waals surface area contributed by atoms with E-state index in [2.05, 4.69) is 58.5 Å². The molecule has 178 valence electrons. The van der Waals surface area contributed by atoms with Crippen LogP contribution < -0.4 is 10.6 Å². The lowest BCUT2D eigenvalue weighted by molar-refractivity contribution is 0.0655. The number of likely N-dealkylation sites (N-methyl/N-ethyl adjacent to an activating group) is 1. The number of nitrogens with zero attached hydrogens (tertiary/aromatic N) is 3. The van der Waals surface area contributed by atoms with Crippen LogP contribution in [0.25, 0.3) is 0 Å². The Morgan fingerprint density at radius 2 is 1.72 bits per heavy atom. The van der Waals surface area contributed by atoms with Crippen molar-refractivity contribution in [2.75, 3.05) is 45.8 Å². The first kappa shape index (κ1) is 27.0. The van der Waals surface area contributed by atoms with E-state index in [1.165, 1.54) is 11.1 Å². The van der Waals surface area contributed by atoms with Crippen molar-refractivity contribution in [1.29, 1.82) is 0 Å². The van der Waals surface area contributed by atoms with Crippen LogP contribution in [0, 0.1) is 0 Å². The fourth-order valence-corrected chi connectivity index (χ4v) is 4.59. The van der Waals surface area contributed by atoms with Crippen molar-refractivity contribution < 1.29 is 5.11 Å². The maximum atomic E-state index is 10.8. The number of guanidine groups is 1. The molecule has 2 heterocycles. The third kappa shape index (κ3) is 7.98. The van der Waals surface area contributed by atoms with Gasteiger partial charge in [0.2, 0.25) is 0 Å². The molecular weight excluding hydrogens is 533 g/mol. The van der Waals surface area contributed by atoms with Crippen LogP contribution in [0.4, 0.5) is 0 Å². The molecule has 0 amide bonds. The molecule has 8 heteroatoms. The number of aliphatic imine (C=N–C) groups is 1. The molecule has 6 nitrogen and oxygen atoms in total.